The van der Waals surface area contributed by atoms with Crippen molar-refractivity contribution < 1.29 is 27.1 Å². The van der Waals surface area contributed by atoms with Crippen molar-refractivity contribution in [2.45, 2.75) is 11.3 Å². The zero-order chi connectivity index (χ0) is 18.2. The van der Waals surface area contributed by atoms with Crippen LogP contribution in [0.25, 0.3) is 0 Å². The number of anilines is 1. The summed E-state index contributed by atoms with van der Waals surface area (Å²) >= 11 is 0. The molecule has 1 aliphatic heterocycles. The summed E-state index contributed by atoms with van der Waals surface area (Å²) in [5.74, 6) is -0.378. The molecule has 6 nitrogen and oxygen atoms in total. The largest absolute Gasteiger partial charge is 0.497 e. The van der Waals surface area contributed by atoms with Gasteiger partial charge in [0.2, 0.25) is 0 Å². The number of hydrogen-bond acceptors (Lipinski definition) is 5. The third kappa shape index (κ3) is 2.93. The molecule has 0 amide bonds. The van der Waals surface area contributed by atoms with Gasteiger partial charge in [-0.05, 0) is 30.3 Å². The molecule has 8 heteroatoms. The topological polar surface area (TPSA) is 72.9 Å². The predicted molar refractivity (Wildman–Crippen MR) is 89.4 cm³/mol. The second-order valence-corrected chi connectivity index (χ2v) is 7.26. The number of nitrogens with zero attached hydrogens (tertiary/aromatic N) is 1. The summed E-state index contributed by atoms with van der Waals surface area (Å²) in [5.41, 5.74) is 0.208. The molecule has 0 atom stereocenters. The molecule has 0 radical (unpaired) electrons. The van der Waals surface area contributed by atoms with Crippen LogP contribution in [-0.4, -0.2) is 35.0 Å². The third-order valence-electron chi connectivity index (χ3n) is 4.01. The van der Waals surface area contributed by atoms with Crippen LogP contribution in [0.3, 0.4) is 0 Å². The Morgan fingerprint density at radius 2 is 1.84 bits per heavy atom. The van der Waals surface area contributed by atoms with E-state index in [1.54, 1.807) is 6.07 Å². The first-order chi connectivity index (χ1) is 11.9. The lowest BCUT2D eigenvalue weighted by Crippen LogP contribution is -2.37. The maximum absolute atomic E-state index is 13.5. The monoisotopic (exact) mass is 365 g/mol. The average Bonchev–Trinajstić information content (AvgIpc) is 2.61. The van der Waals surface area contributed by atoms with Crippen LogP contribution in [0.2, 0.25) is 0 Å². The van der Waals surface area contributed by atoms with Gasteiger partial charge in [-0.25, -0.2) is 12.8 Å². The van der Waals surface area contributed by atoms with E-state index in [-0.39, 0.29) is 40.6 Å². The van der Waals surface area contributed by atoms with Crippen LogP contribution in [0.1, 0.15) is 16.8 Å². The van der Waals surface area contributed by atoms with E-state index in [4.69, 9.17) is 9.47 Å². The van der Waals surface area contributed by atoms with E-state index in [9.17, 15) is 17.6 Å². The lowest BCUT2D eigenvalue weighted by molar-refractivity contribution is 0.0981. The van der Waals surface area contributed by atoms with Crippen LogP contribution in [0.4, 0.5) is 10.1 Å². The fourth-order valence-electron chi connectivity index (χ4n) is 2.76. The summed E-state index contributed by atoms with van der Waals surface area (Å²) in [6, 6.07) is 7.91. The van der Waals surface area contributed by atoms with Crippen molar-refractivity contribution in [1.29, 1.82) is 0 Å². The molecule has 0 fully saturated rings. The van der Waals surface area contributed by atoms with Gasteiger partial charge in [0.25, 0.3) is 10.0 Å². The first-order valence-corrected chi connectivity index (χ1v) is 8.90. The second kappa shape index (κ2) is 6.36. The number of ether oxygens (including phenoxy) is 2. The van der Waals surface area contributed by atoms with Gasteiger partial charge in [-0.15, -0.1) is 0 Å². The molecule has 1 heterocycles. The van der Waals surface area contributed by atoms with Crippen LogP contribution in [0, 0.1) is 5.82 Å². The SMILES string of the molecule is COc1ccc(OC)c(S(=O)(=O)N2CCC(=O)c3cc(F)ccc32)c1. The molecule has 0 saturated heterocycles. The molecule has 2 aromatic rings. The number of benzene rings is 2. The minimum Gasteiger partial charge on any atom is -0.497 e. The van der Waals surface area contributed by atoms with Gasteiger partial charge in [-0.3, -0.25) is 9.10 Å². The van der Waals surface area contributed by atoms with Crippen molar-refractivity contribution >= 4 is 21.5 Å². The number of methoxy groups -OCH3 is 2. The number of halogens is 1. The molecule has 132 valence electrons. The number of rotatable bonds is 4. The smallest absolute Gasteiger partial charge is 0.268 e. The van der Waals surface area contributed by atoms with Gasteiger partial charge in [0.05, 0.1) is 19.9 Å². The van der Waals surface area contributed by atoms with E-state index in [1.165, 1.54) is 32.4 Å². The van der Waals surface area contributed by atoms with Crippen molar-refractivity contribution in [1.82, 2.24) is 0 Å². The summed E-state index contributed by atoms with van der Waals surface area (Å²) in [6.07, 6.45) is -0.0258. The molecule has 0 saturated carbocycles. The summed E-state index contributed by atoms with van der Waals surface area (Å²) in [4.78, 5) is 12.0. The Morgan fingerprint density at radius 1 is 1.08 bits per heavy atom. The van der Waals surface area contributed by atoms with Gasteiger partial charge < -0.3 is 9.47 Å². The van der Waals surface area contributed by atoms with E-state index in [1.807, 2.05) is 0 Å². The number of ketones is 1. The van der Waals surface area contributed by atoms with Crippen LogP contribution in [0.15, 0.2) is 41.3 Å². The summed E-state index contributed by atoms with van der Waals surface area (Å²) in [6.45, 7) is -0.0276. The zero-order valence-electron chi connectivity index (χ0n) is 13.7. The van der Waals surface area contributed by atoms with Crippen LogP contribution >= 0.6 is 0 Å². The molecule has 0 bridgehead atoms. The number of Topliss-reactive ketones (excluding diaryl/α,β-unsaturated/α-hetero) is 1. The Kier molecular flexibility index (Phi) is 4.38. The summed E-state index contributed by atoms with van der Waals surface area (Å²) < 4.78 is 51.2. The Hall–Kier alpha value is -2.61. The molecular formula is C17H16FNO5S. The van der Waals surface area contributed by atoms with Gasteiger partial charge in [0.15, 0.2) is 5.78 Å². The molecule has 1 aliphatic rings. The standard InChI is InChI=1S/C17H16FNO5S/c1-23-12-4-6-16(24-2)17(10-12)25(21,22)19-8-7-15(20)13-9-11(18)3-5-14(13)19/h3-6,9-10H,7-8H2,1-2H3. The molecule has 3 rings (SSSR count). The maximum atomic E-state index is 13.5. The van der Waals surface area contributed by atoms with Crippen molar-refractivity contribution in [2.75, 3.05) is 25.1 Å². The first-order valence-electron chi connectivity index (χ1n) is 7.46. The molecular weight excluding hydrogens is 349 g/mol. The van der Waals surface area contributed by atoms with Gasteiger partial charge in [0, 0.05) is 24.6 Å². The molecule has 25 heavy (non-hydrogen) atoms. The van der Waals surface area contributed by atoms with Crippen LogP contribution in [-0.2, 0) is 10.0 Å². The predicted octanol–water partition coefficient (Wildman–Crippen LogP) is 2.62. The highest BCUT2D eigenvalue weighted by Gasteiger charge is 2.34. The molecule has 0 aromatic heterocycles. The fourth-order valence-corrected chi connectivity index (χ4v) is 4.42. The minimum atomic E-state index is -4.03. The van der Waals surface area contributed by atoms with E-state index in [0.29, 0.717) is 5.75 Å². The van der Waals surface area contributed by atoms with Crippen molar-refractivity contribution in [2.24, 2.45) is 0 Å². The zero-order valence-corrected chi connectivity index (χ0v) is 14.5. The molecule has 0 unspecified atom stereocenters. The van der Waals surface area contributed by atoms with E-state index in [2.05, 4.69) is 0 Å². The third-order valence-corrected chi connectivity index (χ3v) is 5.84. The first kappa shape index (κ1) is 17.2. The van der Waals surface area contributed by atoms with Gasteiger partial charge in [0.1, 0.15) is 22.2 Å². The normalized spacial score (nSPS) is 14.2. The van der Waals surface area contributed by atoms with Crippen molar-refractivity contribution in [3.63, 3.8) is 0 Å². The van der Waals surface area contributed by atoms with Crippen LogP contribution in [0.5, 0.6) is 11.5 Å². The Labute approximate surface area is 144 Å². The van der Waals surface area contributed by atoms with Crippen LogP contribution < -0.4 is 13.8 Å². The second-order valence-electron chi connectivity index (χ2n) is 5.43. The molecule has 2 aromatic carbocycles. The highest BCUT2D eigenvalue weighted by Crippen LogP contribution is 2.36. The quantitative estimate of drug-likeness (QED) is 0.833. The van der Waals surface area contributed by atoms with Gasteiger partial charge >= 0.3 is 0 Å². The van der Waals surface area contributed by atoms with E-state index >= 15 is 0 Å². The minimum absolute atomic E-state index is 0.0258. The number of carbonyl (C=O) groups excluding carboxylic acids is 1. The Balaban J connectivity index is 2.17. The lowest BCUT2D eigenvalue weighted by atomic mass is 10.0. The van der Waals surface area contributed by atoms with Gasteiger partial charge in [-0.2, -0.15) is 0 Å². The summed E-state index contributed by atoms with van der Waals surface area (Å²) in [7, 11) is -1.24. The lowest BCUT2D eigenvalue weighted by Gasteiger charge is -2.30. The van der Waals surface area contributed by atoms with Gasteiger partial charge in [-0.1, -0.05) is 0 Å². The number of carbonyl (C=O) groups is 1. The maximum Gasteiger partial charge on any atom is 0.268 e. The summed E-state index contributed by atoms with van der Waals surface area (Å²) in [5, 5.41) is 0. The number of hydrogen-bond donors (Lipinski definition) is 0. The fraction of sp³-hybridized carbons (Fsp3) is 0.235. The number of sulfonamides is 1. The molecule has 0 spiro atoms. The van der Waals surface area contributed by atoms with Crippen molar-refractivity contribution in [3.8, 4) is 11.5 Å². The van der Waals surface area contributed by atoms with E-state index < -0.39 is 15.8 Å². The molecule has 0 N–H and O–H groups in total. The van der Waals surface area contributed by atoms with E-state index in [0.717, 1.165) is 16.4 Å². The highest BCUT2D eigenvalue weighted by atomic mass is 32.2. The highest BCUT2D eigenvalue weighted by molar-refractivity contribution is 7.93. The molecule has 0 aliphatic carbocycles. The number of fused-ring (bicyclic) bond motifs is 1. The Bertz CT molecular complexity index is 942. The van der Waals surface area contributed by atoms with Crippen molar-refractivity contribution in [3.05, 3.63) is 47.8 Å². The average molecular weight is 365 g/mol. The Morgan fingerprint density at radius 3 is 2.52 bits per heavy atom.